The molecule has 1 aromatic rings. The first-order valence-corrected chi connectivity index (χ1v) is 8.52. The van der Waals surface area contributed by atoms with Gasteiger partial charge in [-0.15, -0.1) is 0 Å². The predicted octanol–water partition coefficient (Wildman–Crippen LogP) is 0.715. The number of nitrogens with zero attached hydrogens (tertiary/aromatic N) is 2. The van der Waals surface area contributed by atoms with Crippen LogP contribution >= 0.6 is 0 Å². The SMILES string of the molecule is Cc1ccccc1[C@@H]1[C@@H](C(=O)N2CCCNCC2)OCC(=O)N1C. The molecule has 0 aliphatic carbocycles. The van der Waals surface area contributed by atoms with Crippen molar-refractivity contribution in [1.29, 1.82) is 0 Å². The Morgan fingerprint density at radius 2 is 2.04 bits per heavy atom. The zero-order chi connectivity index (χ0) is 17.1. The average Bonchev–Trinajstić information content (AvgIpc) is 2.87. The van der Waals surface area contributed by atoms with Crippen LogP contribution < -0.4 is 5.32 Å². The van der Waals surface area contributed by atoms with Crippen molar-refractivity contribution in [3.63, 3.8) is 0 Å². The molecule has 6 nitrogen and oxygen atoms in total. The fourth-order valence-electron chi connectivity index (χ4n) is 3.46. The van der Waals surface area contributed by atoms with Gasteiger partial charge in [0.1, 0.15) is 6.61 Å². The van der Waals surface area contributed by atoms with Gasteiger partial charge in [0.05, 0.1) is 6.04 Å². The minimum Gasteiger partial charge on any atom is -0.356 e. The Morgan fingerprint density at radius 1 is 1.25 bits per heavy atom. The molecule has 2 heterocycles. The normalized spacial score (nSPS) is 25.5. The molecule has 0 unspecified atom stereocenters. The molecule has 2 saturated heterocycles. The quantitative estimate of drug-likeness (QED) is 0.867. The second-order valence-corrected chi connectivity index (χ2v) is 6.47. The summed E-state index contributed by atoms with van der Waals surface area (Å²) in [5.41, 5.74) is 2.03. The van der Waals surface area contributed by atoms with Crippen LogP contribution in [-0.4, -0.2) is 67.6 Å². The molecule has 2 aliphatic rings. The number of hydrogen-bond donors (Lipinski definition) is 1. The highest BCUT2D eigenvalue weighted by molar-refractivity contribution is 5.86. The van der Waals surface area contributed by atoms with Gasteiger partial charge in [0.25, 0.3) is 5.91 Å². The van der Waals surface area contributed by atoms with Crippen LogP contribution in [-0.2, 0) is 14.3 Å². The van der Waals surface area contributed by atoms with Gasteiger partial charge in [-0.3, -0.25) is 9.59 Å². The van der Waals surface area contributed by atoms with Gasteiger partial charge in [-0.25, -0.2) is 0 Å². The molecule has 0 radical (unpaired) electrons. The van der Waals surface area contributed by atoms with E-state index in [2.05, 4.69) is 5.32 Å². The second kappa shape index (κ2) is 7.32. The first-order chi connectivity index (χ1) is 11.6. The van der Waals surface area contributed by atoms with Gasteiger partial charge in [-0.2, -0.15) is 0 Å². The van der Waals surface area contributed by atoms with E-state index < -0.39 is 6.10 Å². The molecule has 1 N–H and O–H groups in total. The number of morpholine rings is 1. The molecule has 1 aromatic carbocycles. The molecule has 2 atom stereocenters. The Balaban J connectivity index is 1.90. The maximum atomic E-state index is 13.1. The van der Waals surface area contributed by atoms with Crippen molar-refractivity contribution in [1.82, 2.24) is 15.1 Å². The molecule has 2 fully saturated rings. The van der Waals surface area contributed by atoms with Gasteiger partial charge in [0, 0.05) is 26.7 Å². The fraction of sp³-hybridized carbons (Fsp3) is 0.556. The number of benzene rings is 1. The maximum Gasteiger partial charge on any atom is 0.254 e. The Bertz CT molecular complexity index is 611. The molecule has 24 heavy (non-hydrogen) atoms. The zero-order valence-electron chi connectivity index (χ0n) is 14.3. The molecular weight excluding hydrogens is 306 g/mol. The molecule has 0 aromatic heterocycles. The number of hydrogen-bond acceptors (Lipinski definition) is 4. The van der Waals surface area contributed by atoms with Crippen molar-refractivity contribution in [3.05, 3.63) is 35.4 Å². The topological polar surface area (TPSA) is 61.9 Å². The van der Waals surface area contributed by atoms with Crippen molar-refractivity contribution in [2.45, 2.75) is 25.5 Å². The van der Waals surface area contributed by atoms with Crippen LogP contribution in [0, 0.1) is 6.92 Å². The fourth-order valence-corrected chi connectivity index (χ4v) is 3.46. The summed E-state index contributed by atoms with van der Waals surface area (Å²) >= 11 is 0. The summed E-state index contributed by atoms with van der Waals surface area (Å²) in [6.07, 6.45) is 0.286. The highest BCUT2D eigenvalue weighted by Crippen LogP contribution is 2.32. The van der Waals surface area contributed by atoms with Gasteiger partial charge >= 0.3 is 0 Å². The third kappa shape index (κ3) is 3.30. The molecule has 130 valence electrons. The Morgan fingerprint density at radius 3 is 2.83 bits per heavy atom. The third-order valence-corrected chi connectivity index (χ3v) is 4.89. The number of carbonyl (C=O) groups excluding carboxylic acids is 2. The number of ether oxygens (including phenoxy) is 1. The van der Waals surface area contributed by atoms with E-state index in [4.69, 9.17) is 4.74 Å². The van der Waals surface area contributed by atoms with E-state index >= 15 is 0 Å². The molecule has 6 heteroatoms. The lowest BCUT2D eigenvalue weighted by Crippen LogP contribution is -2.54. The van der Waals surface area contributed by atoms with Crippen LogP contribution in [0.2, 0.25) is 0 Å². The second-order valence-electron chi connectivity index (χ2n) is 6.47. The summed E-state index contributed by atoms with van der Waals surface area (Å²) in [6, 6.07) is 7.49. The highest BCUT2D eigenvalue weighted by Gasteiger charge is 2.42. The molecule has 3 rings (SSSR count). The summed E-state index contributed by atoms with van der Waals surface area (Å²) in [6.45, 7) is 5.08. The maximum absolute atomic E-state index is 13.1. The van der Waals surface area contributed by atoms with E-state index in [1.165, 1.54) is 0 Å². The summed E-state index contributed by atoms with van der Waals surface area (Å²) < 4.78 is 5.74. The van der Waals surface area contributed by atoms with Crippen LogP contribution in [0.4, 0.5) is 0 Å². The summed E-state index contributed by atoms with van der Waals surface area (Å²) in [4.78, 5) is 28.8. The standard InChI is InChI=1S/C18H25N3O3/c1-13-6-3-4-7-14(13)16-17(24-12-15(22)20(16)2)18(23)21-10-5-8-19-9-11-21/h3-4,6-7,16-17,19H,5,8-12H2,1-2H3/t16-,17+/m1/s1. The molecule has 0 bridgehead atoms. The van der Waals surface area contributed by atoms with Crippen LogP contribution in [0.15, 0.2) is 24.3 Å². The Hall–Kier alpha value is -1.92. The van der Waals surface area contributed by atoms with Gasteiger partial charge in [0.15, 0.2) is 6.10 Å². The largest absolute Gasteiger partial charge is 0.356 e. The molecule has 2 aliphatic heterocycles. The van der Waals surface area contributed by atoms with Gasteiger partial charge in [-0.1, -0.05) is 24.3 Å². The van der Waals surface area contributed by atoms with Gasteiger partial charge < -0.3 is 19.9 Å². The molecule has 0 spiro atoms. The number of likely N-dealkylation sites (N-methyl/N-ethyl adjacent to an activating group) is 1. The minimum absolute atomic E-state index is 0.0219. The predicted molar refractivity (Wildman–Crippen MR) is 90.5 cm³/mol. The lowest BCUT2D eigenvalue weighted by Gasteiger charge is -2.40. The van der Waals surface area contributed by atoms with Crippen molar-refractivity contribution >= 4 is 11.8 Å². The average molecular weight is 331 g/mol. The monoisotopic (exact) mass is 331 g/mol. The lowest BCUT2D eigenvalue weighted by molar-refractivity contribution is -0.167. The van der Waals surface area contributed by atoms with Crippen molar-refractivity contribution < 1.29 is 14.3 Å². The molecule has 2 amide bonds. The van der Waals surface area contributed by atoms with E-state index in [0.717, 1.165) is 37.2 Å². The molecular formula is C18H25N3O3. The number of nitrogens with one attached hydrogen (secondary N) is 1. The van der Waals surface area contributed by atoms with Gasteiger partial charge in [0.2, 0.25) is 5.91 Å². The zero-order valence-corrected chi connectivity index (χ0v) is 14.3. The first kappa shape index (κ1) is 16.9. The van der Waals surface area contributed by atoms with Crippen LogP contribution in [0.3, 0.4) is 0 Å². The van der Waals surface area contributed by atoms with E-state index in [0.29, 0.717) is 6.54 Å². The summed E-state index contributed by atoms with van der Waals surface area (Å²) in [5.74, 6) is -0.115. The smallest absolute Gasteiger partial charge is 0.254 e. The van der Waals surface area contributed by atoms with Crippen LogP contribution in [0.1, 0.15) is 23.6 Å². The first-order valence-electron chi connectivity index (χ1n) is 8.52. The third-order valence-electron chi connectivity index (χ3n) is 4.89. The van der Waals surface area contributed by atoms with Gasteiger partial charge in [-0.05, 0) is 31.0 Å². The van der Waals surface area contributed by atoms with Crippen molar-refractivity contribution in [2.24, 2.45) is 0 Å². The Labute approximate surface area is 142 Å². The number of aryl methyl sites for hydroxylation is 1. The summed E-state index contributed by atoms with van der Waals surface area (Å²) in [5, 5.41) is 3.30. The lowest BCUT2D eigenvalue weighted by atomic mass is 9.93. The summed E-state index contributed by atoms with van der Waals surface area (Å²) in [7, 11) is 1.76. The van der Waals surface area contributed by atoms with E-state index in [-0.39, 0.29) is 24.5 Å². The van der Waals surface area contributed by atoms with E-state index in [9.17, 15) is 9.59 Å². The van der Waals surface area contributed by atoms with Crippen LogP contribution in [0.25, 0.3) is 0 Å². The Kier molecular flexibility index (Phi) is 5.16. The number of rotatable bonds is 2. The van der Waals surface area contributed by atoms with E-state index in [1.54, 1.807) is 11.9 Å². The van der Waals surface area contributed by atoms with Crippen molar-refractivity contribution in [2.75, 3.05) is 39.8 Å². The molecule has 0 saturated carbocycles. The minimum atomic E-state index is -0.646. The van der Waals surface area contributed by atoms with E-state index in [1.807, 2.05) is 36.1 Å². The highest BCUT2D eigenvalue weighted by atomic mass is 16.5. The number of carbonyl (C=O) groups is 2. The van der Waals surface area contributed by atoms with Crippen LogP contribution in [0.5, 0.6) is 0 Å². The van der Waals surface area contributed by atoms with Crippen molar-refractivity contribution in [3.8, 4) is 0 Å². The number of amides is 2.